The summed E-state index contributed by atoms with van der Waals surface area (Å²) >= 11 is 26.7. The van der Waals surface area contributed by atoms with Crippen molar-refractivity contribution < 1.29 is 123 Å². The van der Waals surface area contributed by atoms with Crippen LogP contribution < -0.4 is 78.6 Å². The van der Waals surface area contributed by atoms with Gasteiger partial charge in [0.2, 0.25) is 53.4 Å². The number of aliphatic hydroxyl groups is 7. The van der Waals surface area contributed by atoms with E-state index in [0.717, 1.165) is 66.7 Å². The molecule has 11 bridgehead atoms. The molecule has 0 spiro atoms. The van der Waals surface area contributed by atoms with Crippen LogP contribution in [0.5, 0.6) is 46.0 Å². The zero-order valence-electron chi connectivity index (χ0n) is 65.9. The monoisotopic (exact) mass is 1780 g/mol. The Labute approximate surface area is 720 Å². The number of carbonyl (C=O) groups excluding carboxylic acids is 9. The number of amides is 9. The number of hydrogen-bond acceptors (Lipinski definition) is 29. The molecule has 0 radical (unpaired) electrons. The number of likely N-dealkylation sites (N-methyl/N-ethyl adjacent to an activating group) is 1. The molecular weight excluding hydrogens is 1700 g/mol. The highest BCUT2D eigenvalue weighted by atomic mass is 35.5. The number of ether oxygens (including phenoxy) is 6. The predicted molar refractivity (Wildman–Crippen MR) is 436 cm³/mol. The lowest BCUT2D eigenvalue weighted by molar-refractivity contribution is -0.334. The molecule has 9 amide bonds. The summed E-state index contributed by atoms with van der Waals surface area (Å²) in [5, 5.41) is 140. The van der Waals surface area contributed by atoms with E-state index in [1.165, 1.54) is 56.7 Å². The highest BCUT2D eigenvalue weighted by Gasteiger charge is 2.52. The molecule has 2 saturated heterocycles. The summed E-state index contributed by atoms with van der Waals surface area (Å²) in [6, 6.07) is 5.46. The lowest BCUT2D eigenvalue weighted by Crippen LogP contribution is -2.65. The maximum absolute atomic E-state index is 16.3. The highest BCUT2D eigenvalue weighted by molar-refractivity contribution is 6.35. The summed E-state index contributed by atoms with van der Waals surface area (Å²) in [5.41, 5.74) is 7.39. The molecule has 7 aliphatic heterocycles. The molecule has 7 aliphatic rings. The fourth-order valence-corrected chi connectivity index (χ4v) is 15.8. The van der Waals surface area contributed by atoms with Gasteiger partial charge in [0.1, 0.15) is 95.5 Å². The molecule has 6 aromatic carbocycles. The first-order valence-corrected chi connectivity index (χ1v) is 40.0. The number of nitrogens with two attached hydrogens (primary N) is 1. The molecule has 1 aromatic heterocycles. The molecule has 656 valence electrons. The first kappa shape index (κ1) is 91.3. The van der Waals surface area contributed by atoms with Crippen molar-refractivity contribution in [3.8, 4) is 57.1 Å². The van der Waals surface area contributed by atoms with Crippen LogP contribution in [0.2, 0.25) is 20.1 Å². The number of primary amides is 1. The van der Waals surface area contributed by atoms with E-state index in [-0.39, 0.29) is 75.6 Å². The summed E-state index contributed by atoms with van der Waals surface area (Å²) < 4.78 is 39.5. The number of aromatic hydroxyl groups is 3. The van der Waals surface area contributed by atoms with Gasteiger partial charge in [-0.3, -0.25) is 53.6 Å². The third-order valence-electron chi connectivity index (χ3n) is 21.1. The molecule has 7 aromatic rings. The summed E-state index contributed by atoms with van der Waals surface area (Å²) in [7, 11) is 1.47. The molecule has 0 saturated carbocycles. The number of fused-ring (bicyclic) bond motifs is 15. The van der Waals surface area contributed by atoms with Gasteiger partial charge < -0.3 is 133 Å². The second-order valence-electron chi connectivity index (χ2n) is 30.5. The molecule has 14 rings (SSSR count). The van der Waals surface area contributed by atoms with E-state index < -0.39 is 255 Å². The normalized spacial score (nSPS) is 26.2. The minimum absolute atomic E-state index is 0.0204. The van der Waals surface area contributed by atoms with Gasteiger partial charge in [-0.05, 0) is 145 Å². The van der Waals surface area contributed by atoms with Crippen molar-refractivity contribution in [2.45, 2.75) is 163 Å². The van der Waals surface area contributed by atoms with Gasteiger partial charge in [-0.15, -0.1) is 0 Å². The minimum atomic E-state index is -2.39. The van der Waals surface area contributed by atoms with Crippen LogP contribution in [0.25, 0.3) is 11.1 Å². The maximum atomic E-state index is 16.3. The molecule has 23 N–H and O–H groups in total. The van der Waals surface area contributed by atoms with Gasteiger partial charge in [0.25, 0.3) is 11.8 Å². The van der Waals surface area contributed by atoms with Crippen LogP contribution in [0.4, 0.5) is 5.69 Å². The van der Waals surface area contributed by atoms with Gasteiger partial charge in [-0.1, -0.05) is 78.5 Å². The Balaban J connectivity index is 1.03. The van der Waals surface area contributed by atoms with E-state index in [1.807, 2.05) is 13.8 Å². The zero-order valence-corrected chi connectivity index (χ0v) is 69.0. The Morgan fingerprint density at radius 3 is 1.97 bits per heavy atom. The Morgan fingerprint density at radius 1 is 0.691 bits per heavy atom. The number of rotatable bonds is 21. The molecule has 1 unspecified atom stereocenters. The lowest BCUT2D eigenvalue weighted by Gasteiger charge is -2.48. The molecule has 0 aliphatic carbocycles. The van der Waals surface area contributed by atoms with E-state index in [2.05, 4.69) is 63.7 Å². The standard InChI is InChI=1S/C81H89Cl4N13O25/c1-32(2)14-48(87-5)73(111)96-63-65(105)36-7-10-52(46(84)19-36)119-54-21-38-22-55(69(54)123-80-70(68(108)67(107)56(31-100)121-80)122-58-27-81(4,71(109)33(3)118-58)89-29-34-15-42(30-88-28-34)91-72(110)39-16-40(82)23-41(83)17-39)120-53-11-8-37(20-47(53)85)66(106)64-78(116)95-62(79(117)98-90-12-13-99)45-24-43(101)25-51(103)59(45)44-18-35(6-9-50(44)102)60(75(113)97-64)94-76(114)61(38)93-74(112)49(26-57(86)104)92-77(63)115/h6-11,15-25,28,30,32-33,48-49,56,58,60-68,70-71,80,87,89-90,99-103,105-109H,12-14,26-27,29,31H2,1-5H3,(H2,86,104)(H,91,110)(H,92,115)(H,93,112)(H,94,114)(H,95,116)(H,96,111)(H,97,113)(H,98,117)/t33-,48+,49-,56+,58?,60+,61+,62+,63+,64-,65+,66+,67+,68-,70+,71+,80-,81-/m0/s1. The second-order valence-corrected chi connectivity index (χ2v) is 32.2. The van der Waals surface area contributed by atoms with Gasteiger partial charge in [-0.2, -0.15) is 0 Å². The maximum Gasteiger partial charge on any atom is 0.261 e. The average molecular weight is 1790 g/mol. The van der Waals surface area contributed by atoms with E-state index in [1.54, 1.807) is 13.0 Å². The van der Waals surface area contributed by atoms with Gasteiger partial charge in [0.15, 0.2) is 23.9 Å². The Bertz CT molecular complexity index is 5200. The number of nitrogens with one attached hydrogen (secondary N) is 11. The predicted octanol–water partition coefficient (Wildman–Crippen LogP) is 2.42. The second kappa shape index (κ2) is 38.9. The van der Waals surface area contributed by atoms with Crippen molar-refractivity contribution in [3.63, 3.8) is 0 Å². The number of nitrogens with zero attached hydrogens (tertiary/aromatic N) is 1. The Kier molecular flexibility index (Phi) is 28.9. The van der Waals surface area contributed by atoms with E-state index >= 15 is 24.0 Å². The summed E-state index contributed by atoms with van der Waals surface area (Å²) in [4.78, 5) is 138. The molecule has 42 heteroatoms. The number of pyridine rings is 1. The number of halogens is 4. The van der Waals surface area contributed by atoms with Crippen LogP contribution in [0.3, 0.4) is 0 Å². The third kappa shape index (κ3) is 20.8. The summed E-state index contributed by atoms with van der Waals surface area (Å²) in [6.45, 7) is 4.94. The van der Waals surface area contributed by atoms with Crippen LogP contribution in [-0.4, -0.2) is 215 Å². The minimum Gasteiger partial charge on any atom is -0.508 e. The van der Waals surface area contributed by atoms with Gasteiger partial charge >= 0.3 is 0 Å². The van der Waals surface area contributed by atoms with E-state index in [0.29, 0.717) is 5.56 Å². The number of phenolic OH excluding ortho intramolecular Hbond substituents is 3. The molecule has 18 atom stereocenters. The third-order valence-corrected chi connectivity index (χ3v) is 22.1. The number of hydrogen-bond donors (Lipinski definition) is 22. The first-order chi connectivity index (χ1) is 58.4. The topological polar surface area (TPSA) is 583 Å². The van der Waals surface area contributed by atoms with Crippen molar-refractivity contribution in [2.24, 2.45) is 11.7 Å². The van der Waals surface area contributed by atoms with Crippen LogP contribution in [0.1, 0.15) is 121 Å². The van der Waals surface area contributed by atoms with Crippen molar-refractivity contribution >= 4 is 105 Å². The van der Waals surface area contributed by atoms with Crippen LogP contribution in [0, 0.1) is 5.92 Å². The number of aromatic nitrogens is 1. The fraction of sp³-hybridized carbons (Fsp3) is 0.383. The smallest absolute Gasteiger partial charge is 0.261 e. The molecule has 2 fully saturated rings. The zero-order chi connectivity index (χ0) is 88.9. The van der Waals surface area contributed by atoms with Crippen molar-refractivity contribution in [3.05, 3.63) is 175 Å². The van der Waals surface area contributed by atoms with Crippen molar-refractivity contribution in [1.29, 1.82) is 0 Å². The van der Waals surface area contributed by atoms with E-state index in [9.17, 15) is 70.2 Å². The molecular formula is C81H89Cl4N13O25. The SMILES string of the molecule is CN[C@H](CC(C)C)C(=O)N[C@H]1C(=O)N[C@@H](CC(N)=O)C(=O)N[C@H]2C(=O)N[C@H]3C(=O)N[C@H](C(=O)N[C@@H](C(=O)NNCCO)c4cc(O)cc(O)c4-c4cc3ccc4O)[C@H](O)c3ccc(c(Cl)c3)Oc3cc2cc(c3O[C@@H]2O[C@H](CO)[C@@H](O)[C@H](O)[C@H]2OC2C[C@](C)(NCc3cncc(NC(=O)c4cc(Cl)cc(Cl)c4)c3)[C@H](O)[C@H](C)O2)Oc2ccc(cc2Cl)[C@H]1O. The largest absolute Gasteiger partial charge is 0.508 e. The quantitative estimate of drug-likeness (QED) is 0.0363. The summed E-state index contributed by atoms with van der Waals surface area (Å²) in [6.07, 6.45) is -16.5. The van der Waals surface area contributed by atoms with Gasteiger partial charge in [0.05, 0.1) is 59.8 Å². The molecule has 8 heterocycles. The Hall–Kier alpha value is -10.9. The summed E-state index contributed by atoms with van der Waals surface area (Å²) in [5.74, 6) is -16.0. The van der Waals surface area contributed by atoms with Gasteiger partial charge in [0, 0.05) is 64.0 Å². The average Bonchev–Trinajstić information content (AvgIpc) is 0.765. The van der Waals surface area contributed by atoms with Crippen molar-refractivity contribution in [1.82, 2.24) is 58.4 Å². The van der Waals surface area contributed by atoms with Crippen LogP contribution in [0.15, 0.2) is 116 Å². The first-order valence-electron chi connectivity index (χ1n) is 38.5. The number of anilines is 1. The molecule has 38 nitrogen and oxygen atoms in total. The van der Waals surface area contributed by atoms with Gasteiger partial charge in [-0.25, -0.2) is 5.43 Å². The number of hydrazine groups is 1. The highest BCUT2D eigenvalue weighted by Crippen LogP contribution is 2.50. The van der Waals surface area contributed by atoms with Crippen LogP contribution in [-0.2, 0) is 59.1 Å². The van der Waals surface area contributed by atoms with E-state index in [4.69, 9.17) is 80.6 Å². The number of aliphatic hydroxyl groups excluding tert-OH is 7. The van der Waals surface area contributed by atoms with Crippen molar-refractivity contribution in [2.75, 3.05) is 32.1 Å². The fourth-order valence-electron chi connectivity index (χ4n) is 14.8. The number of carbonyl (C=O) groups is 9. The molecule has 123 heavy (non-hydrogen) atoms. The van der Waals surface area contributed by atoms with Crippen LogP contribution >= 0.6 is 46.4 Å². The number of benzene rings is 6. The Morgan fingerprint density at radius 2 is 1.33 bits per heavy atom. The number of phenols is 3. The lowest BCUT2D eigenvalue weighted by atomic mass is 9.84.